The molecule has 1 aliphatic heterocycles. The van der Waals surface area contributed by atoms with Gasteiger partial charge in [-0.3, -0.25) is 4.79 Å². The number of nitrogens with one attached hydrogen (secondary N) is 1. The number of amides is 2. The number of methoxy groups -OCH3 is 1. The molecule has 1 saturated heterocycles. The van der Waals surface area contributed by atoms with E-state index in [0.717, 1.165) is 24.2 Å². The minimum absolute atomic E-state index is 0.0420. The molecule has 1 saturated carbocycles. The number of hydrogen-bond acceptors (Lipinski definition) is 7. The maximum atomic E-state index is 13.1. The molecule has 1 aromatic heterocycles. The van der Waals surface area contributed by atoms with E-state index in [4.69, 9.17) is 14.0 Å². The molecule has 0 radical (unpaired) electrons. The third-order valence-electron chi connectivity index (χ3n) is 6.36. The number of likely N-dealkylation sites (tertiary alicyclic amines) is 1. The lowest BCUT2D eigenvalue weighted by Gasteiger charge is -2.37. The largest absolute Gasteiger partial charge is 0.465 e. The Bertz CT molecular complexity index is 1080. The van der Waals surface area contributed by atoms with Crippen LogP contribution in [0.3, 0.4) is 0 Å². The highest BCUT2D eigenvalue weighted by Crippen LogP contribution is 2.40. The fourth-order valence-corrected chi connectivity index (χ4v) is 4.36. The molecular weight excluding hydrogens is 450 g/mol. The van der Waals surface area contributed by atoms with Crippen molar-refractivity contribution in [3.8, 4) is 0 Å². The molecule has 2 heterocycles. The van der Waals surface area contributed by atoms with Crippen LogP contribution in [0.2, 0.25) is 0 Å². The minimum atomic E-state index is -0.560. The summed E-state index contributed by atoms with van der Waals surface area (Å²) in [4.78, 5) is 39.4. The van der Waals surface area contributed by atoms with Gasteiger partial charge < -0.3 is 24.2 Å². The SMILES string of the molecule is COC(=O)c1cccc(C(NC(=O)c2cc(C3CC3)on2)C2CCN(C(=O)OC(C)(C)C)CC2)c1. The van der Waals surface area contributed by atoms with Gasteiger partial charge in [0.05, 0.1) is 18.7 Å². The monoisotopic (exact) mass is 483 g/mol. The Labute approximate surface area is 205 Å². The predicted octanol–water partition coefficient (Wildman–Crippen LogP) is 4.46. The molecule has 0 spiro atoms. The number of esters is 1. The second-order valence-corrected chi connectivity index (χ2v) is 10.3. The van der Waals surface area contributed by atoms with Gasteiger partial charge in [-0.1, -0.05) is 17.3 Å². The lowest BCUT2D eigenvalue weighted by Crippen LogP contribution is -2.44. The summed E-state index contributed by atoms with van der Waals surface area (Å²) in [5.41, 5.74) is 0.887. The number of rotatable bonds is 6. The Kier molecular flexibility index (Phi) is 7.14. The van der Waals surface area contributed by atoms with E-state index < -0.39 is 11.6 Å². The van der Waals surface area contributed by atoms with Crippen molar-refractivity contribution in [1.29, 1.82) is 0 Å². The zero-order valence-electron chi connectivity index (χ0n) is 20.7. The molecule has 9 nitrogen and oxygen atoms in total. The summed E-state index contributed by atoms with van der Waals surface area (Å²) in [7, 11) is 1.34. The molecule has 188 valence electrons. The van der Waals surface area contributed by atoms with E-state index in [1.54, 1.807) is 29.2 Å². The fraction of sp³-hybridized carbons (Fsp3) is 0.538. The molecule has 1 aromatic carbocycles. The molecule has 1 aliphatic carbocycles. The average molecular weight is 484 g/mol. The van der Waals surface area contributed by atoms with Crippen LogP contribution in [-0.2, 0) is 9.47 Å². The van der Waals surface area contributed by atoms with Gasteiger partial charge in [0.2, 0.25) is 0 Å². The molecular formula is C26H33N3O6. The normalized spacial score (nSPS) is 17.5. The topological polar surface area (TPSA) is 111 Å². The highest BCUT2D eigenvalue weighted by molar-refractivity contribution is 5.93. The van der Waals surface area contributed by atoms with Crippen molar-refractivity contribution in [2.24, 2.45) is 5.92 Å². The maximum absolute atomic E-state index is 13.1. The summed E-state index contributed by atoms with van der Waals surface area (Å²) in [6.45, 7) is 6.55. The Balaban J connectivity index is 1.52. The van der Waals surface area contributed by atoms with Crippen molar-refractivity contribution in [3.63, 3.8) is 0 Å². The van der Waals surface area contributed by atoms with E-state index in [-0.39, 0.29) is 29.7 Å². The summed E-state index contributed by atoms with van der Waals surface area (Å²) in [6, 6.07) is 8.41. The number of ether oxygens (including phenoxy) is 2. The summed E-state index contributed by atoms with van der Waals surface area (Å²) in [5.74, 6) is 0.366. The molecule has 1 unspecified atom stereocenters. The van der Waals surface area contributed by atoms with E-state index >= 15 is 0 Å². The van der Waals surface area contributed by atoms with Crippen LogP contribution in [0.1, 0.15) is 90.6 Å². The second-order valence-electron chi connectivity index (χ2n) is 10.3. The van der Waals surface area contributed by atoms with Crippen LogP contribution in [-0.4, -0.2) is 53.8 Å². The van der Waals surface area contributed by atoms with Crippen LogP contribution in [0.4, 0.5) is 4.79 Å². The van der Waals surface area contributed by atoms with Crippen molar-refractivity contribution in [2.75, 3.05) is 20.2 Å². The first kappa shape index (κ1) is 24.8. The van der Waals surface area contributed by atoms with E-state index in [1.807, 2.05) is 26.8 Å². The number of aromatic nitrogens is 1. The molecule has 2 fully saturated rings. The van der Waals surface area contributed by atoms with Crippen LogP contribution in [0.25, 0.3) is 0 Å². The molecule has 2 aliphatic rings. The van der Waals surface area contributed by atoms with Gasteiger partial charge in [-0.15, -0.1) is 0 Å². The Morgan fingerprint density at radius 2 is 1.83 bits per heavy atom. The van der Waals surface area contributed by atoms with Crippen LogP contribution in [0.5, 0.6) is 0 Å². The lowest BCUT2D eigenvalue weighted by molar-refractivity contribution is 0.0167. The predicted molar refractivity (Wildman–Crippen MR) is 127 cm³/mol. The van der Waals surface area contributed by atoms with Gasteiger partial charge in [0.15, 0.2) is 5.69 Å². The Morgan fingerprint density at radius 1 is 1.11 bits per heavy atom. The Hall–Kier alpha value is -3.36. The number of carbonyl (C=O) groups excluding carboxylic acids is 3. The Morgan fingerprint density at radius 3 is 2.46 bits per heavy atom. The summed E-state index contributed by atoms with van der Waals surface area (Å²) < 4.78 is 15.7. The highest BCUT2D eigenvalue weighted by Gasteiger charge is 2.34. The smallest absolute Gasteiger partial charge is 0.410 e. The first-order valence-corrected chi connectivity index (χ1v) is 12.1. The average Bonchev–Trinajstić information content (AvgIpc) is 3.57. The summed E-state index contributed by atoms with van der Waals surface area (Å²) >= 11 is 0. The van der Waals surface area contributed by atoms with Crippen LogP contribution in [0, 0.1) is 5.92 Å². The van der Waals surface area contributed by atoms with Gasteiger partial charge in [0.25, 0.3) is 5.91 Å². The van der Waals surface area contributed by atoms with Crippen molar-refractivity contribution >= 4 is 18.0 Å². The maximum Gasteiger partial charge on any atom is 0.410 e. The first-order valence-electron chi connectivity index (χ1n) is 12.1. The third-order valence-corrected chi connectivity index (χ3v) is 6.36. The summed E-state index contributed by atoms with van der Waals surface area (Å²) in [6.07, 6.45) is 3.10. The zero-order chi connectivity index (χ0) is 25.2. The van der Waals surface area contributed by atoms with Crippen molar-refractivity contribution in [2.45, 2.75) is 64.0 Å². The van der Waals surface area contributed by atoms with Gasteiger partial charge in [0.1, 0.15) is 11.4 Å². The number of piperidine rings is 1. The number of carbonyl (C=O) groups is 3. The molecule has 9 heteroatoms. The molecule has 4 rings (SSSR count). The molecule has 0 bridgehead atoms. The zero-order valence-corrected chi connectivity index (χ0v) is 20.7. The minimum Gasteiger partial charge on any atom is -0.465 e. The quantitative estimate of drug-likeness (QED) is 0.604. The van der Waals surface area contributed by atoms with E-state index in [1.165, 1.54) is 7.11 Å². The van der Waals surface area contributed by atoms with Crippen molar-refractivity contribution in [3.05, 3.63) is 52.9 Å². The van der Waals surface area contributed by atoms with Gasteiger partial charge in [-0.25, -0.2) is 9.59 Å². The van der Waals surface area contributed by atoms with E-state index in [9.17, 15) is 14.4 Å². The van der Waals surface area contributed by atoms with E-state index in [0.29, 0.717) is 37.4 Å². The van der Waals surface area contributed by atoms with Gasteiger partial charge in [0, 0.05) is 25.1 Å². The molecule has 1 N–H and O–H groups in total. The number of benzene rings is 1. The highest BCUT2D eigenvalue weighted by atomic mass is 16.6. The second kappa shape index (κ2) is 10.1. The van der Waals surface area contributed by atoms with Gasteiger partial charge in [-0.05, 0) is 70.1 Å². The van der Waals surface area contributed by atoms with Gasteiger partial charge in [-0.2, -0.15) is 0 Å². The van der Waals surface area contributed by atoms with Crippen LogP contribution < -0.4 is 5.32 Å². The first-order chi connectivity index (χ1) is 16.6. The van der Waals surface area contributed by atoms with Gasteiger partial charge >= 0.3 is 12.1 Å². The van der Waals surface area contributed by atoms with Crippen molar-refractivity contribution in [1.82, 2.24) is 15.4 Å². The molecule has 2 amide bonds. The van der Waals surface area contributed by atoms with E-state index in [2.05, 4.69) is 10.5 Å². The van der Waals surface area contributed by atoms with Crippen LogP contribution in [0.15, 0.2) is 34.9 Å². The number of nitrogens with zero attached hydrogens (tertiary/aromatic N) is 2. The molecule has 2 aromatic rings. The van der Waals surface area contributed by atoms with Crippen molar-refractivity contribution < 1.29 is 28.4 Å². The number of hydrogen-bond donors (Lipinski definition) is 1. The molecule has 1 atom stereocenters. The lowest BCUT2D eigenvalue weighted by atomic mass is 9.84. The third kappa shape index (κ3) is 6.21. The van der Waals surface area contributed by atoms with Crippen LogP contribution >= 0.6 is 0 Å². The molecule has 35 heavy (non-hydrogen) atoms. The standard InChI is InChI=1S/C26H33N3O6/c1-26(2,3)34-25(32)29-12-10-17(11-13-29)22(18-6-5-7-19(14-18)24(31)33-4)27-23(30)20-15-21(35-28-20)16-8-9-16/h5-7,14-17,22H,8-13H2,1-4H3,(H,27,30). The summed E-state index contributed by atoms with van der Waals surface area (Å²) in [5, 5.41) is 7.08. The fourth-order valence-electron chi connectivity index (χ4n) is 4.36.